The number of anilines is 1. The van der Waals surface area contributed by atoms with E-state index in [9.17, 15) is 8.78 Å². The minimum atomic E-state index is -2.89. The smallest absolute Gasteiger partial charge is 0.270 e. The van der Waals surface area contributed by atoms with E-state index in [1.807, 2.05) is 6.07 Å². The Kier molecular flexibility index (Phi) is 6.19. The number of hydrogen-bond acceptors (Lipinski definition) is 2. The SMILES string of the molecule is C=C(OC)C(CCC)C1=C(c2cccc(C(C)(F)F)c2)c2c([nH]c3c2CCCC3)NC1C. The molecular weight excluding hydrogens is 406 g/mol. The summed E-state index contributed by atoms with van der Waals surface area (Å²) in [4.78, 5) is 3.62. The number of ether oxygens (including phenoxy) is 1. The average Bonchev–Trinajstić information content (AvgIpc) is 3.13. The third-order valence-corrected chi connectivity index (χ3v) is 6.92. The molecule has 172 valence electrons. The summed E-state index contributed by atoms with van der Waals surface area (Å²) < 4.78 is 34.2. The van der Waals surface area contributed by atoms with Crippen molar-refractivity contribution in [3.8, 4) is 0 Å². The van der Waals surface area contributed by atoms with Gasteiger partial charge in [0.05, 0.1) is 12.9 Å². The van der Waals surface area contributed by atoms with Crippen molar-refractivity contribution in [2.24, 2.45) is 5.92 Å². The second-order valence-corrected chi connectivity index (χ2v) is 9.22. The maximum Gasteiger partial charge on any atom is 0.270 e. The van der Waals surface area contributed by atoms with Crippen molar-refractivity contribution in [2.45, 2.75) is 71.3 Å². The third-order valence-electron chi connectivity index (χ3n) is 6.92. The molecule has 0 saturated heterocycles. The van der Waals surface area contributed by atoms with Gasteiger partial charge in [-0.05, 0) is 67.4 Å². The van der Waals surface area contributed by atoms with Crippen LogP contribution in [0.25, 0.3) is 5.57 Å². The molecule has 0 spiro atoms. The van der Waals surface area contributed by atoms with Crippen LogP contribution in [0.5, 0.6) is 0 Å². The summed E-state index contributed by atoms with van der Waals surface area (Å²) in [6.07, 6.45) is 6.21. The molecule has 32 heavy (non-hydrogen) atoms. The minimum Gasteiger partial charge on any atom is -0.501 e. The largest absolute Gasteiger partial charge is 0.501 e. The van der Waals surface area contributed by atoms with Crippen LogP contribution in [-0.2, 0) is 23.5 Å². The Morgan fingerprint density at radius 3 is 2.72 bits per heavy atom. The van der Waals surface area contributed by atoms with Crippen LogP contribution in [0.1, 0.15) is 74.4 Å². The zero-order chi connectivity index (χ0) is 23.0. The number of aryl methyl sites for hydroxylation is 1. The first kappa shape index (κ1) is 22.6. The second kappa shape index (κ2) is 8.76. The summed E-state index contributed by atoms with van der Waals surface area (Å²) >= 11 is 0. The van der Waals surface area contributed by atoms with E-state index in [2.05, 4.69) is 30.7 Å². The van der Waals surface area contributed by atoms with Gasteiger partial charge in [-0.3, -0.25) is 0 Å². The van der Waals surface area contributed by atoms with Crippen molar-refractivity contribution in [1.29, 1.82) is 0 Å². The summed E-state index contributed by atoms with van der Waals surface area (Å²) in [5.74, 6) is -1.15. The lowest BCUT2D eigenvalue weighted by Gasteiger charge is -2.35. The lowest BCUT2D eigenvalue weighted by Crippen LogP contribution is -2.30. The molecule has 3 nitrogen and oxygen atoms in total. The molecule has 2 aliphatic rings. The second-order valence-electron chi connectivity index (χ2n) is 9.22. The first-order chi connectivity index (χ1) is 15.3. The normalized spacial score (nSPS) is 19.1. The number of hydrogen-bond donors (Lipinski definition) is 2. The van der Waals surface area contributed by atoms with Crippen molar-refractivity contribution < 1.29 is 13.5 Å². The number of nitrogens with one attached hydrogen (secondary N) is 2. The van der Waals surface area contributed by atoms with Gasteiger partial charge in [-0.1, -0.05) is 38.1 Å². The van der Waals surface area contributed by atoms with E-state index in [0.29, 0.717) is 0 Å². The van der Waals surface area contributed by atoms with E-state index in [1.54, 1.807) is 19.2 Å². The first-order valence-electron chi connectivity index (χ1n) is 11.7. The molecule has 1 aromatic heterocycles. The summed E-state index contributed by atoms with van der Waals surface area (Å²) in [7, 11) is 1.66. The monoisotopic (exact) mass is 440 g/mol. The number of allylic oxidation sites excluding steroid dienone is 1. The van der Waals surface area contributed by atoms with Crippen LogP contribution >= 0.6 is 0 Å². The van der Waals surface area contributed by atoms with Crippen molar-refractivity contribution in [3.63, 3.8) is 0 Å². The van der Waals surface area contributed by atoms with Gasteiger partial charge in [-0.15, -0.1) is 0 Å². The number of benzene rings is 1. The molecule has 1 aliphatic carbocycles. The number of aromatic nitrogens is 1. The quantitative estimate of drug-likeness (QED) is 0.447. The summed E-state index contributed by atoms with van der Waals surface area (Å²) in [6, 6.07) is 6.91. The molecule has 0 amide bonds. The fourth-order valence-electron chi connectivity index (χ4n) is 5.38. The third kappa shape index (κ3) is 3.98. The van der Waals surface area contributed by atoms with Crippen LogP contribution in [0.15, 0.2) is 42.2 Å². The first-order valence-corrected chi connectivity index (χ1v) is 11.7. The van der Waals surface area contributed by atoms with Gasteiger partial charge < -0.3 is 15.0 Å². The van der Waals surface area contributed by atoms with E-state index in [0.717, 1.165) is 67.3 Å². The van der Waals surface area contributed by atoms with Gasteiger partial charge in [-0.25, -0.2) is 8.78 Å². The van der Waals surface area contributed by atoms with Gasteiger partial charge in [-0.2, -0.15) is 0 Å². The molecule has 0 saturated carbocycles. The molecule has 2 N–H and O–H groups in total. The van der Waals surface area contributed by atoms with Gasteiger partial charge in [0, 0.05) is 35.7 Å². The minimum absolute atomic E-state index is 0.00980. The fourth-order valence-corrected chi connectivity index (χ4v) is 5.38. The molecule has 1 aliphatic heterocycles. The molecule has 5 heteroatoms. The number of rotatable bonds is 7. The number of fused-ring (bicyclic) bond motifs is 3. The van der Waals surface area contributed by atoms with Crippen LogP contribution < -0.4 is 5.32 Å². The highest BCUT2D eigenvalue weighted by atomic mass is 19.3. The van der Waals surface area contributed by atoms with E-state index in [1.165, 1.54) is 29.3 Å². The van der Waals surface area contributed by atoms with E-state index in [-0.39, 0.29) is 17.5 Å². The summed E-state index contributed by atoms with van der Waals surface area (Å²) in [6.45, 7) is 9.46. The van der Waals surface area contributed by atoms with E-state index < -0.39 is 5.92 Å². The van der Waals surface area contributed by atoms with E-state index >= 15 is 0 Å². The van der Waals surface area contributed by atoms with Crippen molar-refractivity contribution in [1.82, 2.24) is 4.98 Å². The Morgan fingerprint density at radius 1 is 1.28 bits per heavy atom. The molecule has 0 radical (unpaired) electrons. The van der Waals surface area contributed by atoms with Gasteiger partial charge in [0.2, 0.25) is 0 Å². The number of halogens is 2. The number of methoxy groups -OCH3 is 1. The molecule has 1 aromatic carbocycles. The lowest BCUT2D eigenvalue weighted by atomic mass is 9.77. The zero-order valence-electron chi connectivity index (χ0n) is 19.6. The van der Waals surface area contributed by atoms with Crippen LogP contribution in [0.3, 0.4) is 0 Å². The Bertz CT molecular complexity index is 1040. The highest BCUT2D eigenvalue weighted by Crippen LogP contribution is 2.47. The van der Waals surface area contributed by atoms with Gasteiger partial charge in [0.1, 0.15) is 5.82 Å². The predicted octanol–water partition coefficient (Wildman–Crippen LogP) is 7.20. The highest BCUT2D eigenvalue weighted by Gasteiger charge is 2.36. The summed E-state index contributed by atoms with van der Waals surface area (Å²) in [5, 5.41) is 3.67. The van der Waals surface area contributed by atoms with Gasteiger partial charge >= 0.3 is 0 Å². The average molecular weight is 441 g/mol. The Morgan fingerprint density at radius 2 is 2.03 bits per heavy atom. The molecular formula is C27H34F2N2O. The van der Waals surface area contributed by atoms with Crippen LogP contribution in [-0.4, -0.2) is 18.1 Å². The maximum absolute atomic E-state index is 14.3. The standard InChI is InChI=1S/C27H34F2N2O/c1-6-10-20(17(3)32-5)23-16(2)30-26-25(21-13-7-8-14-22(21)31-26)24(23)18-11-9-12-19(15-18)27(4,28)29/h9,11-12,15-16,20,30-31H,3,6-8,10,13-14H2,1-2,4-5H3. The summed E-state index contributed by atoms with van der Waals surface area (Å²) in [5.41, 5.74) is 6.86. The van der Waals surface area contributed by atoms with E-state index in [4.69, 9.17) is 4.74 Å². The van der Waals surface area contributed by atoms with Crippen LogP contribution in [0, 0.1) is 5.92 Å². The molecule has 2 heterocycles. The number of H-pyrrole nitrogens is 1. The zero-order valence-corrected chi connectivity index (χ0v) is 19.6. The highest BCUT2D eigenvalue weighted by molar-refractivity contribution is 5.93. The van der Waals surface area contributed by atoms with Crippen molar-refractivity contribution >= 4 is 11.4 Å². The van der Waals surface area contributed by atoms with Gasteiger partial charge in [0.25, 0.3) is 5.92 Å². The van der Waals surface area contributed by atoms with Crippen LogP contribution in [0.2, 0.25) is 0 Å². The molecule has 2 atom stereocenters. The number of alkyl halides is 2. The fraction of sp³-hybridized carbons (Fsp3) is 0.481. The lowest BCUT2D eigenvalue weighted by molar-refractivity contribution is 0.0174. The van der Waals surface area contributed by atoms with Crippen LogP contribution in [0.4, 0.5) is 14.6 Å². The molecule has 0 fully saturated rings. The molecule has 0 bridgehead atoms. The Hall–Kier alpha value is -2.56. The molecule has 2 unspecified atom stereocenters. The molecule has 4 rings (SSSR count). The molecule has 2 aromatic rings. The Labute approximate surface area is 190 Å². The van der Waals surface area contributed by atoms with Crippen molar-refractivity contribution in [2.75, 3.05) is 12.4 Å². The Balaban J connectivity index is 2.02. The predicted molar refractivity (Wildman–Crippen MR) is 127 cm³/mol. The van der Waals surface area contributed by atoms with Crippen molar-refractivity contribution in [3.05, 3.63) is 70.1 Å². The number of aromatic amines is 1. The topological polar surface area (TPSA) is 37.0 Å². The van der Waals surface area contributed by atoms with Gasteiger partial charge in [0.15, 0.2) is 0 Å². The maximum atomic E-state index is 14.3.